The molecule has 1 atom stereocenters. The zero-order valence-electron chi connectivity index (χ0n) is 7.44. The van der Waals surface area contributed by atoms with E-state index in [1.165, 1.54) is 0 Å². The summed E-state index contributed by atoms with van der Waals surface area (Å²) in [6.45, 7) is 11.5. The molecule has 0 spiro atoms. The highest BCUT2D eigenvalue weighted by atomic mass is 16.3. The summed E-state index contributed by atoms with van der Waals surface area (Å²) in [6.07, 6.45) is 2.40. The van der Waals surface area contributed by atoms with Gasteiger partial charge in [0.25, 0.3) is 0 Å². The Balaban J connectivity index is 4.23. The van der Waals surface area contributed by atoms with E-state index in [9.17, 15) is 5.11 Å². The molecule has 0 aliphatic heterocycles. The van der Waals surface area contributed by atoms with Crippen molar-refractivity contribution in [1.29, 1.82) is 0 Å². The maximum Gasteiger partial charge on any atom is 0.0701 e. The van der Waals surface area contributed by atoms with Crippen molar-refractivity contribution < 1.29 is 5.11 Å². The first-order chi connectivity index (χ1) is 4.31. The summed E-state index contributed by atoms with van der Waals surface area (Å²) in [5.74, 6) is 0. The summed E-state index contributed by atoms with van der Waals surface area (Å²) in [6, 6.07) is 0. The van der Waals surface area contributed by atoms with Crippen molar-refractivity contribution in [3.63, 3.8) is 0 Å². The fraction of sp³-hybridized carbons (Fsp3) is 0.778. The average Bonchev–Trinajstić information content (AvgIpc) is 1.61. The van der Waals surface area contributed by atoms with E-state index in [1.54, 1.807) is 6.08 Å². The van der Waals surface area contributed by atoms with Crippen LogP contribution in [0.5, 0.6) is 0 Å². The molecular weight excluding hydrogens is 124 g/mol. The van der Waals surface area contributed by atoms with Gasteiger partial charge in [-0.3, -0.25) is 0 Å². The van der Waals surface area contributed by atoms with E-state index in [0.29, 0.717) is 6.42 Å². The summed E-state index contributed by atoms with van der Waals surface area (Å²) < 4.78 is 0. The lowest BCUT2D eigenvalue weighted by Gasteiger charge is -2.36. The molecule has 1 unspecified atom stereocenters. The largest absolute Gasteiger partial charge is 0.389 e. The summed E-state index contributed by atoms with van der Waals surface area (Å²) in [4.78, 5) is 0. The Hall–Kier alpha value is -0.300. The molecule has 0 amide bonds. The van der Waals surface area contributed by atoms with Gasteiger partial charge in [0, 0.05) is 0 Å². The minimum absolute atomic E-state index is 0.0683. The lowest BCUT2D eigenvalue weighted by molar-refractivity contribution is -0.0382. The van der Waals surface area contributed by atoms with Gasteiger partial charge in [-0.05, 0) is 18.8 Å². The second-order valence-electron chi connectivity index (χ2n) is 4.02. The van der Waals surface area contributed by atoms with Crippen LogP contribution in [0.25, 0.3) is 0 Å². The van der Waals surface area contributed by atoms with Crippen molar-refractivity contribution in [2.45, 2.75) is 39.7 Å². The molecule has 0 aromatic rings. The molecule has 10 heavy (non-hydrogen) atoms. The molecule has 1 N–H and O–H groups in total. The lowest BCUT2D eigenvalue weighted by Crippen LogP contribution is -2.38. The van der Waals surface area contributed by atoms with E-state index in [1.807, 2.05) is 27.7 Å². The van der Waals surface area contributed by atoms with E-state index in [2.05, 4.69) is 6.58 Å². The van der Waals surface area contributed by atoms with E-state index in [-0.39, 0.29) is 5.41 Å². The molecule has 1 nitrogen and oxygen atoms in total. The standard InChI is InChI=1S/C9H18O/c1-6-7-9(5,10)8(2,3)4/h6,10H,1,7H2,2-5H3. The Morgan fingerprint density at radius 3 is 1.80 bits per heavy atom. The number of aliphatic hydroxyl groups is 1. The van der Waals surface area contributed by atoms with Crippen LogP contribution in [-0.2, 0) is 0 Å². The Morgan fingerprint density at radius 1 is 1.30 bits per heavy atom. The predicted octanol–water partition coefficient (Wildman–Crippen LogP) is 2.36. The smallest absolute Gasteiger partial charge is 0.0701 e. The van der Waals surface area contributed by atoms with Crippen molar-refractivity contribution in [3.8, 4) is 0 Å². The van der Waals surface area contributed by atoms with Gasteiger partial charge in [-0.25, -0.2) is 0 Å². The van der Waals surface area contributed by atoms with Gasteiger partial charge in [0.15, 0.2) is 0 Å². The van der Waals surface area contributed by atoms with Crippen LogP contribution < -0.4 is 0 Å². The van der Waals surface area contributed by atoms with Crippen LogP contribution in [0.1, 0.15) is 34.1 Å². The van der Waals surface area contributed by atoms with Crippen LogP contribution in [0.3, 0.4) is 0 Å². The normalized spacial score (nSPS) is 18.1. The minimum Gasteiger partial charge on any atom is -0.389 e. The highest BCUT2D eigenvalue weighted by Gasteiger charge is 2.33. The molecule has 0 rings (SSSR count). The van der Waals surface area contributed by atoms with Crippen molar-refractivity contribution in [3.05, 3.63) is 12.7 Å². The highest BCUT2D eigenvalue weighted by Crippen LogP contribution is 2.32. The molecule has 0 fully saturated rings. The van der Waals surface area contributed by atoms with Crippen molar-refractivity contribution in [1.82, 2.24) is 0 Å². The zero-order chi connectivity index (χ0) is 8.41. The Kier molecular flexibility index (Phi) is 2.67. The number of hydrogen-bond donors (Lipinski definition) is 1. The molecule has 0 radical (unpaired) electrons. The summed E-state index contributed by atoms with van der Waals surface area (Å²) >= 11 is 0. The Labute approximate surface area is 63.8 Å². The Morgan fingerprint density at radius 2 is 1.70 bits per heavy atom. The summed E-state index contributed by atoms with van der Waals surface area (Å²) in [7, 11) is 0. The summed E-state index contributed by atoms with van der Waals surface area (Å²) in [5.41, 5.74) is -0.698. The first kappa shape index (κ1) is 9.70. The van der Waals surface area contributed by atoms with Crippen LogP contribution >= 0.6 is 0 Å². The van der Waals surface area contributed by atoms with Gasteiger partial charge in [0.05, 0.1) is 5.60 Å². The van der Waals surface area contributed by atoms with Gasteiger partial charge in [-0.2, -0.15) is 0 Å². The van der Waals surface area contributed by atoms with Crippen LogP contribution in [0.15, 0.2) is 12.7 Å². The quantitative estimate of drug-likeness (QED) is 0.587. The molecule has 0 aliphatic rings. The van der Waals surface area contributed by atoms with Crippen LogP contribution in [0.2, 0.25) is 0 Å². The summed E-state index contributed by atoms with van der Waals surface area (Å²) in [5, 5.41) is 9.78. The van der Waals surface area contributed by atoms with Gasteiger partial charge in [-0.1, -0.05) is 26.8 Å². The molecule has 0 saturated carbocycles. The third-order valence-electron chi connectivity index (χ3n) is 2.16. The highest BCUT2D eigenvalue weighted by molar-refractivity contribution is 4.91. The Bertz CT molecular complexity index is 117. The van der Waals surface area contributed by atoms with Crippen LogP contribution in [-0.4, -0.2) is 10.7 Å². The van der Waals surface area contributed by atoms with E-state index >= 15 is 0 Å². The fourth-order valence-corrected chi connectivity index (χ4v) is 0.587. The van der Waals surface area contributed by atoms with Gasteiger partial charge in [-0.15, -0.1) is 6.58 Å². The third-order valence-corrected chi connectivity index (χ3v) is 2.16. The number of hydrogen-bond acceptors (Lipinski definition) is 1. The fourth-order valence-electron chi connectivity index (χ4n) is 0.587. The van der Waals surface area contributed by atoms with Gasteiger partial charge >= 0.3 is 0 Å². The van der Waals surface area contributed by atoms with Crippen molar-refractivity contribution in [2.24, 2.45) is 5.41 Å². The maximum atomic E-state index is 9.78. The first-order valence-electron chi connectivity index (χ1n) is 3.64. The molecule has 1 heteroatoms. The zero-order valence-corrected chi connectivity index (χ0v) is 7.44. The van der Waals surface area contributed by atoms with Gasteiger partial charge in [0.1, 0.15) is 0 Å². The molecule has 60 valence electrons. The monoisotopic (exact) mass is 142 g/mol. The van der Waals surface area contributed by atoms with E-state index < -0.39 is 5.60 Å². The lowest BCUT2D eigenvalue weighted by atomic mass is 9.76. The van der Waals surface area contributed by atoms with E-state index in [0.717, 1.165) is 0 Å². The van der Waals surface area contributed by atoms with E-state index in [4.69, 9.17) is 0 Å². The van der Waals surface area contributed by atoms with Gasteiger partial charge in [0.2, 0.25) is 0 Å². The van der Waals surface area contributed by atoms with Crippen LogP contribution in [0, 0.1) is 5.41 Å². The topological polar surface area (TPSA) is 20.2 Å². The average molecular weight is 142 g/mol. The molecule has 0 aromatic heterocycles. The minimum atomic E-state index is -0.630. The SMILES string of the molecule is C=CCC(C)(O)C(C)(C)C. The number of rotatable bonds is 2. The molecular formula is C9H18O. The van der Waals surface area contributed by atoms with Gasteiger partial charge < -0.3 is 5.11 Å². The van der Waals surface area contributed by atoms with Crippen molar-refractivity contribution in [2.75, 3.05) is 0 Å². The second-order valence-corrected chi connectivity index (χ2v) is 4.02. The first-order valence-corrected chi connectivity index (χ1v) is 3.64. The molecule has 0 aliphatic carbocycles. The predicted molar refractivity (Wildman–Crippen MR) is 44.9 cm³/mol. The van der Waals surface area contributed by atoms with Crippen molar-refractivity contribution >= 4 is 0 Å². The third kappa shape index (κ3) is 2.14. The molecule has 0 heterocycles. The van der Waals surface area contributed by atoms with Crippen LogP contribution in [0.4, 0.5) is 0 Å². The molecule has 0 bridgehead atoms. The maximum absolute atomic E-state index is 9.78. The molecule has 0 aromatic carbocycles. The molecule has 0 saturated heterocycles. The second kappa shape index (κ2) is 2.75.